The van der Waals surface area contributed by atoms with Gasteiger partial charge in [0, 0.05) is 19.5 Å². The molecule has 1 aliphatic heterocycles. The Hall–Kier alpha value is -0.570. The average Bonchev–Trinajstić information content (AvgIpc) is 3.02. The van der Waals surface area contributed by atoms with Crippen LogP contribution >= 0.6 is 0 Å². The van der Waals surface area contributed by atoms with Crippen molar-refractivity contribution in [3.05, 3.63) is 0 Å². The highest BCUT2D eigenvalue weighted by atomic mass is 16.2. The summed E-state index contributed by atoms with van der Waals surface area (Å²) in [7, 11) is 1.97. The fraction of sp³-hybridized carbons (Fsp3) is 0.909. The Bertz CT molecular complexity index is 207. The predicted octanol–water partition coefficient (Wildman–Crippen LogP) is 0.997. The standard InChI is InChI=1S/C11H20N2O/c1-13(10-4-6-12-7-5-10)11(14)8-9-2-3-9/h9-10,12H,2-8H2,1H3. The van der Waals surface area contributed by atoms with E-state index < -0.39 is 0 Å². The maximum absolute atomic E-state index is 11.8. The summed E-state index contributed by atoms with van der Waals surface area (Å²) in [5.41, 5.74) is 0. The van der Waals surface area contributed by atoms with Crippen molar-refractivity contribution in [1.82, 2.24) is 10.2 Å². The van der Waals surface area contributed by atoms with Crippen LogP contribution in [0.25, 0.3) is 0 Å². The van der Waals surface area contributed by atoms with Crippen molar-refractivity contribution in [2.24, 2.45) is 5.92 Å². The van der Waals surface area contributed by atoms with Gasteiger partial charge >= 0.3 is 0 Å². The molecule has 3 heteroatoms. The molecule has 0 spiro atoms. The second-order valence-electron chi connectivity index (χ2n) is 4.63. The van der Waals surface area contributed by atoms with Crippen molar-refractivity contribution in [1.29, 1.82) is 0 Å². The normalized spacial score (nSPS) is 23.5. The van der Waals surface area contributed by atoms with Gasteiger partial charge in [0.15, 0.2) is 0 Å². The maximum Gasteiger partial charge on any atom is 0.222 e. The molecule has 0 atom stereocenters. The monoisotopic (exact) mass is 196 g/mol. The fourth-order valence-corrected chi connectivity index (χ4v) is 2.11. The average molecular weight is 196 g/mol. The second kappa shape index (κ2) is 4.30. The van der Waals surface area contributed by atoms with Crippen LogP contribution in [0.1, 0.15) is 32.1 Å². The molecule has 0 radical (unpaired) electrons. The zero-order valence-corrected chi connectivity index (χ0v) is 8.96. The van der Waals surface area contributed by atoms with Gasteiger partial charge in [0.2, 0.25) is 5.91 Å². The van der Waals surface area contributed by atoms with Crippen LogP contribution in [-0.4, -0.2) is 37.0 Å². The lowest BCUT2D eigenvalue weighted by Crippen LogP contribution is -2.44. The molecule has 2 aliphatic rings. The smallest absolute Gasteiger partial charge is 0.222 e. The van der Waals surface area contributed by atoms with Crippen LogP contribution in [-0.2, 0) is 4.79 Å². The van der Waals surface area contributed by atoms with Crippen LogP contribution in [0.15, 0.2) is 0 Å². The first-order chi connectivity index (χ1) is 6.77. The Labute approximate surface area is 85.8 Å². The summed E-state index contributed by atoms with van der Waals surface area (Å²) in [5, 5.41) is 3.32. The summed E-state index contributed by atoms with van der Waals surface area (Å²) in [5.74, 6) is 1.08. The van der Waals surface area contributed by atoms with Gasteiger partial charge < -0.3 is 10.2 Å². The highest BCUT2D eigenvalue weighted by Crippen LogP contribution is 2.33. The van der Waals surface area contributed by atoms with Crippen molar-refractivity contribution in [3.63, 3.8) is 0 Å². The Morgan fingerprint density at radius 3 is 2.50 bits per heavy atom. The largest absolute Gasteiger partial charge is 0.343 e. The van der Waals surface area contributed by atoms with E-state index in [2.05, 4.69) is 5.32 Å². The summed E-state index contributed by atoms with van der Waals surface area (Å²) < 4.78 is 0. The Morgan fingerprint density at radius 1 is 1.29 bits per heavy atom. The molecule has 0 aromatic carbocycles. The zero-order valence-electron chi connectivity index (χ0n) is 8.96. The van der Waals surface area contributed by atoms with Gasteiger partial charge in [0.05, 0.1) is 0 Å². The number of carbonyl (C=O) groups is 1. The van der Waals surface area contributed by atoms with Gasteiger partial charge in [-0.25, -0.2) is 0 Å². The predicted molar refractivity (Wildman–Crippen MR) is 56.0 cm³/mol. The van der Waals surface area contributed by atoms with E-state index in [9.17, 15) is 4.79 Å². The number of hydrogen-bond acceptors (Lipinski definition) is 2. The maximum atomic E-state index is 11.8. The molecule has 0 aromatic heterocycles. The molecule has 0 aromatic rings. The van der Waals surface area contributed by atoms with Crippen LogP contribution in [0.3, 0.4) is 0 Å². The summed E-state index contributed by atoms with van der Waals surface area (Å²) in [6.07, 6.45) is 5.57. The van der Waals surface area contributed by atoms with Gasteiger partial charge in [-0.05, 0) is 44.7 Å². The first-order valence-corrected chi connectivity index (χ1v) is 5.74. The topological polar surface area (TPSA) is 32.3 Å². The van der Waals surface area contributed by atoms with Gasteiger partial charge in [-0.15, -0.1) is 0 Å². The van der Waals surface area contributed by atoms with E-state index in [1.807, 2.05) is 11.9 Å². The summed E-state index contributed by atoms with van der Waals surface area (Å²) in [4.78, 5) is 13.8. The molecule has 1 heterocycles. The van der Waals surface area contributed by atoms with Crippen molar-refractivity contribution >= 4 is 5.91 Å². The molecule has 2 rings (SSSR count). The molecule has 1 saturated heterocycles. The second-order valence-corrected chi connectivity index (χ2v) is 4.63. The van der Waals surface area contributed by atoms with Gasteiger partial charge in [-0.3, -0.25) is 4.79 Å². The molecule has 1 saturated carbocycles. The lowest BCUT2D eigenvalue weighted by Gasteiger charge is -2.31. The van der Waals surface area contributed by atoms with Gasteiger partial charge in [-0.2, -0.15) is 0 Å². The molecule has 1 aliphatic carbocycles. The minimum Gasteiger partial charge on any atom is -0.343 e. The van der Waals surface area contributed by atoms with Gasteiger partial charge in [-0.1, -0.05) is 0 Å². The lowest BCUT2D eigenvalue weighted by atomic mass is 10.0. The van der Waals surface area contributed by atoms with Gasteiger partial charge in [0.25, 0.3) is 0 Å². The minimum absolute atomic E-state index is 0.361. The number of nitrogens with zero attached hydrogens (tertiary/aromatic N) is 1. The molecule has 0 bridgehead atoms. The summed E-state index contributed by atoms with van der Waals surface area (Å²) in [6, 6.07) is 0.488. The van der Waals surface area contributed by atoms with Crippen molar-refractivity contribution in [2.45, 2.75) is 38.1 Å². The van der Waals surface area contributed by atoms with E-state index in [0.717, 1.165) is 32.4 Å². The first-order valence-electron chi connectivity index (χ1n) is 5.74. The lowest BCUT2D eigenvalue weighted by molar-refractivity contribution is -0.132. The number of carbonyl (C=O) groups excluding carboxylic acids is 1. The fourth-order valence-electron chi connectivity index (χ4n) is 2.11. The summed E-state index contributed by atoms with van der Waals surface area (Å²) >= 11 is 0. The first kappa shape index (κ1) is 9.97. The van der Waals surface area contributed by atoms with Crippen LogP contribution in [0.2, 0.25) is 0 Å². The number of hydrogen-bond donors (Lipinski definition) is 1. The van der Waals surface area contributed by atoms with Crippen molar-refractivity contribution in [2.75, 3.05) is 20.1 Å². The number of amides is 1. The van der Waals surface area contributed by atoms with Crippen LogP contribution in [0.4, 0.5) is 0 Å². The Kier molecular flexibility index (Phi) is 3.06. The number of piperidine rings is 1. The third-order valence-corrected chi connectivity index (χ3v) is 3.41. The molecule has 3 nitrogen and oxygen atoms in total. The highest BCUT2D eigenvalue weighted by Gasteiger charge is 2.28. The molecule has 2 fully saturated rings. The third kappa shape index (κ3) is 2.47. The molecular formula is C11H20N2O. The van der Waals surface area contributed by atoms with E-state index in [1.165, 1.54) is 12.8 Å². The summed E-state index contributed by atoms with van der Waals surface area (Å²) in [6.45, 7) is 2.12. The van der Waals surface area contributed by atoms with Crippen LogP contribution in [0, 0.1) is 5.92 Å². The van der Waals surface area contributed by atoms with Crippen LogP contribution in [0.5, 0.6) is 0 Å². The number of rotatable bonds is 3. The Morgan fingerprint density at radius 2 is 1.93 bits per heavy atom. The quantitative estimate of drug-likeness (QED) is 0.730. The van der Waals surface area contributed by atoms with Gasteiger partial charge in [0.1, 0.15) is 0 Å². The highest BCUT2D eigenvalue weighted by molar-refractivity contribution is 5.76. The SMILES string of the molecule is CN(C(=O)CC1CC1)C1CCNCC1. The van der Waals surface area contributed by atoms with Crippen molar-refractivity contribution in [3.8, 4) is 0 Å². The molecule has 0 unspecified atom stereocenters. The molecule has 1 amide bonds. The van der Waals surface area contributed by atoms with E-state index in [-0.39, 0.29) is 0 Å². The van der Waals surface area contributed by atoms with E-state index in [1.54, 1.807) is 0 Å². The zero-order chi connectivity index (χ0) is 9.97. The van der Waals surface area contributed by atoms with E-state index in [0.29, 0.717) is 17.9 Å². The van der Waals surface area contributed by atoms with E-state index in [4.69, 9.17) is 0 Å². The molecule has 14 heavy (non-hydrogen) atoms. The Balaban J connectivity index is 1.78. The number of nitrogens with one attached hydrogen (secondary N) is 1. The molecule has 1 N–H and O–H groups in total. The third-order valence-electron chi connectivity index (χ3n) is 3.41. The van der Waals surface area contributed by atoms with Crippen LogP contribution < -0.4 is 5.32 Å². The molecular weight excluding hydrogens is 176 g/mol. The minimum atomic E-state index is 0.361. The van der Waals surface area contributed by atoms with E-state index >= 15 is 0 Å². The van der Waals surface area contributed by atoms with Crippen molar-refractivity contribution < 1.29 is 4.79 Å². The molecule has 80 valence electrons.